The summed E-state index contributed by atoms with van der Waals surface area (Å²) in [7, 11) is 0. The Hall–Kier alpha value is -3.46. The van der Waals surface area contributed by atoms with Crippen molar-refractivity contribution in [2.24, 2.45) is 0 Å². The van der Waals surface area contributed by atoms with Crippen molar-refractivity contribution in [3.8, 4) is 0 Å². The van der Waals surface area contributed by atoms with Crippen molar-refractivity contribution in [1.82, 2.24) is 15.1 Å². The minimum absolute atomic E-state index is 0.104. The van der Waals surface area contributed by atoms with Gasteiger partial charge in [0.05, 0.1) is 18.7 Å². The summed E-state index contributed by atoms with van der Waals surface area (Å²) in [5.41, 5.74) is 1.21. The lowest BCUT2D eigenvalue weighted by Crippen LogP contribution is -2.60. The van der Waals surface area contributed by atoms with E-state index < -0.39 is 6.04 Å². The van der Waals surface area contributed by atoms with Crippen molar-refractivity contribution in [1.29, 1.82) is 0 Å². The maximum absolute atomic E-state index is 14.1. The molecule has 1 unspecified atom stereocenters. The molecule has 0 bridgehead atoms. The number of anilines is 2. The van der Waals surface area contributed by atoms with E-state index in [0.29, 0.717) is 50.6 Å². The lowest BCUT2D eigenvalue weighted by atomic mass is 10.1. The van der Waals surface area contributed by atoms with Crippen LogP contribution in [0.3, 0.4) is 0 Å². The van der Waals surface area contributed by atoms with E-state index in [-0.39, 0.29) is 36.5 Å². The molecule has 1 atom stereocenters. The molecule has 2 fully saturated rings. The molecule has 33 heavy (non-hydrogen) atoms. The maximum Gasteiger partial charge on any atom is 0.243 e. The van der Waals surface area contributed by atoms with Gasteiger partial charge in [-0.05, 0) is 24.3 Å². The lowest BCUT2D eigenvalue weighted by molar-refractivity contribution is -0.145. The van der Waals surface area contributed by atoms with Crippen LogP contribution in [0.1, 0.15) is 6.42 Å². The number of rotatable bonds is 6. The summed E-state index contributed by atoms with van der Waals surface area (Å²) < 4.78 is 14.1. The molecule has 0 saturated carbocycles. The van der Waals surface area contributed by atoms with Crippen molar-refractivity contribution >= 4 is 29.1 Å². The second kappa shape index (κ2) is 10.4. The third kappa shape index (κ3) is 5.67. The summed E-state index contributed by atoms with van der Waals surface area (Å²) in [6.07, 6.45) is -0.104. The molecule has 2 aliphatic heterocycles. The number of hydrogen-bond acceptors (Lipinski definition) is 5. The lowest BCUT2D eigenvalue weighted by Gasteiger charge is -2.39. The van der Waals surface area contributed by atoms with Gasteiger partial charge in [-0.1, -0.05) is 30.3 Å². The smallest absolute Gasteiger partial charge is 0.243 e. The molecule has 2 aliphatic rings. The van der Waals surface area contributed by atoms with Gasteiger partial charge in [-0.3, -0.25) is 19.3 Å². The van der Waals surface area contributed by atoms with E-state index in [1.165, 1.54) is 11.0 Å². The van der Waals surface area contributed by atoms with Crippen LogP contribution >= 0.6 is 0 Å². The number of amides is 3. The topological polar surface area (TPSA) is 85.0 Å². The molecule has 0 aliphatic carbocycles. The van der Waals surface area contributed by atoms with Gasteiger partial charge in [0.1, 0.15) is 11.9 Å². The molecule has 8 nitrogen and oxygen atoms in total. The summed E-state index contributed by atoms with van der Waals surface area (Å²) in [5, 5.41) is 5.52. The number of piperazine rings is 2. The number of carbonyl (C=O) groups excluding carboxylic acids is 3. The standard InChI is InChI=1S/C24H28FN5O3/c25-19-8-4-5-9-20(19)29-14-12-28(13-15-29)17-23(32)30-11-10-26-24(33)21(30)16-22(31)27-18-6-2-1-3-7-18/h1-9,21H,10-17H2,(H,26,33)(H,27,31). The second-order valence-corrected chi connectivity index (χ2v) is 8.23. The summed E-state index contributed by atoms with van der Waals surface area (Å²) in [4.78, 5) is 43.5. The van der Waals surface area contributed by atoms with Crippen molar-refractivity contribution in [3.05, 3.63) is 60.4 Å². The van der Waals surface area contributed by atoms with Gasteiger partial charge in [0.25, 0.3) is 0 Å². The molecule has 9 heteroatoms. The molecule has 4 rings (SSSR count). The van der Waals surface area contributed by atoms with Crippen LogP contribution in [0, 0.1) is 5.82 Å². The van der Waals surface area contributed by atoms with Gasteiger partial charge in [-0.2, -0.15) is 0 Å². The van der Waals surface area contributed by atoms with Crippen molar-refractivity contribution in [2.45, 2.75) is 12.5 Å². The zero-order chi connectivity index (χ0) is 23.2. The highest BCUT2D eigenvalue weighted by Crippen LogP contribution is 2.20. The van der Waals surface area contributed by atoms with Crippen LogP contribution in [-0.2, 0) is 14.4 Å². The Morgan fingerprint density at radius 1 is 0.970 bits per heavy atom. The summed E-state index contributed by atoms with van der Waals surface area (Å²) in [5.74, 6) is -1.07. The Labute approximate surface area is 192 Å². The van der Waals surface area contributed by atoms with E-state index in [1.54, 1.807) is 24.3 Å². The van der Waals surface area contributed by atoms with Crippen LogP contribution in [0.15, 0.2) is 54.6 Å². The highest BCUT2D eigenvalue weighted by molar-refractivity contribution is 5.97. The Bertz CT molecular complexity index is 995. The van der Waals surface area contributed by atoms with E-state index in [1.807, 2.05) is 34.1 Å². The predicted molar refractivity (Wildman–Crippen MR) is 123 cm³/mol. The fourth-order valence-electron chi connectivity index (χ4n) is 4.26. The Morgan fingerprint density at radius 2 is 1.67 bits per heavy atom. The highest BCUT2D eigenvalue weighted by Gasteiger charge is 2.35. The Kier molecular flexibility index (Phi) is 7.19. The van der Waals surface area contributed by atoms with Gasteiger partial charge in [-0.25, -0.2) is 4.39 Å². The minimum Gasteiger partial charge on any atom is -0.367 e. The molecular weight excluding hydrogens is 425 g/mol. The van der Waals surface area contributed by atoms with Crippen LogP contribution in [-0.4, -0.2) is 79.4 Å². The van der Waals surface area contributed by atoms with Gasteiger partial charge in [0, 0.05) is 45.0 Å². The van der Waals surface area contributed by atoms with E-state index >= 15 is 0 Å². The predicted octanol–water partition coefficient (Wildman–Crippen LogP) is 1.30. The van der Waals surface area contributed by atoms with Gasteiger partial charge < -0.3 is 20.4 Å². The zero-order valence-corrected chi connectivity index (χ0v) is 18.4. The average molecular weight is 454 g/mol. The molecule has 2 aromatic rings. The fraction of sp³-hybridized carbons (Fsp3) is 0.375. The van der Waals surface area contributed by atoms with Gasteiger partial charge in [0.15, 0.2) is 0 Å². The highest BCUT2D eigenvalue weighted by atomic mass is 19.1. The first-order valence-electron chi connectivity index (χ1n) is 11.1. The van der Waals surface area contributed by atoms with E-state index in [4.69, 9.17) is 0 Å². The van der Waals surface area contributed by atoms with Crippen LogP contribution in [0.25, 0.3) is 0 Å². The van der Waals surface area contributed by atoms with Crippen LogP contribution in [0.5, 0.6) is 0 Å². The third-order valence-electron chi connectivity index (χ3n) is 6.01. The number of carbonyl (C=O) groups is 3. The van der Waals surface area contributed by atoms with Crippen molar-refractivity contribution in [3.63, 3.8) is 0 Å². The largest absolute Gasteiger partial charge is 0.367 e. The van der Waals surface area contributed by atoms with Gasteiger partial charge >= 0.3 is 0 Å². The van der Waals surface area contributed by atoms with E-state index in [9.17, 15) is 18.8 Å². The monoisotopic (exact) mass is 453 g/mol. The molecule has 174 valence electrons. The first-order valence-corrected chi connectivity index (χ1v) is 11.1. The number of benzene rings is 2. The third-order valence-corrected chi connectivity index (χ3v) is 6.01. The number of nitrogens with zero attached hydrogens (tertiary/aromatic N) is 3. The summed E-state index contributed by atoms with van der Waals surface area (Å²) in [6.45, 7) is 3.33. The van der Waals surface area contributed by atoms with Gasteiger partial charge in [-0.15, -0.1) is 0 Å². The van der Waals surface area contributed by atoms with Crippen LogP contribution in [0.2, 0.25) is 0 Å². The first-order chi connectivity index (χ1) is 16.0. The van der Waals surface area contributed by atoms with Crippen molar-refractivity contribution in [2.75, 3.05) is 56.0 Å². The van der Waals surface area contributed by atoms with Gasteiger partial charge in [0.2, 0.25) is 17.7 Å². The minimum atomic E-state index is -0.838. The molecular formula is C24H28FN5O3. The molecule has 2 heterocycles. The maximum atomic E-state index is 14.1. The van der Waals surface area contributed by atoms with Crippen LogP contribution < -0.4 is 15.5 Å². The Balaban J connectivity index is 1.33. The molecule has 0 aromatic heterocycles. The number of nitrogens with one attached hydrogen (secondary N) is 2. The number of halogens is 1. The molecule has 2 N–H and O–H groups in total. The second-order valence-electron chi connectivity index (χ2n) is 8.23. The SMILES string of the molecule is O=C(CC1C(=O)NCCN1C(=O)CN1CCN(c2ccccc2F)CC1)Nc1ccccc1. The van der Waals surface area contributed by atoms with Crippen molar-refractivity contribution < 1.29 is 18.8 Å². The summed E-state index contributed by atoms with van der Waals surface area (Å²) >= 11 is 0. The van der Waals surface area contributed by atoms with Crippen LogP contribution in [0.4, 0.5) is 15.8 Å². The summed E-state index contributed by atoms with van der Waals surface area (Å²) in [6, 6.07) is 14.8. The molecule has 3 amide bonds. The quantitative estimate of drug-likeness (QED) is 0.689. The van der Waals surface area contributed by atoms with E-state index in [0.717, 1.165) is 0 Å². The average Bonchev–Trinajstić information content (AvgIpc) is 2.82. The molecule has 2 aromatic carbocycles. The Morgan fingerprint density at radius 3 is 2.39 bits per heavy atom. The zero-order valence-electron chi connectivity index (χ0n) is 18.4. The number of para-hydroxylation sites is 2. The fourth-order valence-corrected chi connectivity index (χ4v) is 4.26. The molecule has 2 saturated heterocycles. The molecule has 0 radical (unpaired) electrons. The normalized spacial score (nSPS) is 19.2. The first kappa shape index (κ1) is 22.7. The van der Waals surface area contributed by atoms with E-state index in [2.05, 4.69) is 10.6 Å². The number of hydrogen-bond donors (Lipinski definition) is 2. The molecule has 0 spiro atoms.